The minimum atomic E-state index is -2.36. The standard InChI is InChI=1S/C9H11FN2O5/c1-4-3-17-9(16,6(4)13)12-2-5(10)7(14)11-8(12)15/h2,4,6,13,16H,3H2,1H3,(H,11,14,15). The molecule has 7 nitrogen and oxygen atoms in total. The van der Waals surface area contributed by atoms with Gasteiger partial charge in [0.15, 0.2) is 0 Å². The predicted molar refractivity (Wildman–Crippen MR) is 52.6 cm³/mol. The molecule has 2 heterocycles. The van der Waals surface area contributed by atoms with Gasteiger partial charge in [-0.25, -0.2) is 9.36 Å². The molecule has 1 aliphatic heterocycles. The molecule has 1 aromatic heterocycles. The second kappa shape index (κ2) is 3.76. The van der Waals surface area contributed by atoms with Crippen LogP contribution in [0.5, 0.6) is 0 Å². The van der Waals surface area contributed by atoms with Crippen molar-refractivity contribution in [2.45, 2.75) is 18.9 Å². The van der Waals surface area contributed by atoms with Crippen LogP contribution in [0.3, 0.4) is 0 Å². The second-order valence-corrected chi connectivity index (χ2v) is 4.00. The van der Waals surface area contributed by atoms with Gasteiger partial charge in [0.05, 0.1) is 12.8 Å². The van der Waals surface area contributed by atoms with E-state index in [1.54, 1.807) is 11.9 Å². The Morgan fingerprint density at radius 3 is 2.82 bits per heavy atom. The fourth-order valence-electron chi connectivity index (χ4n) is 1.70. The van der Waals surface area contributed by atoms with Crippen LogP contribution >= 0.6 is 0 Å². The summed E-state index contributed by atoms with van der Waals surface area (Å²) < 4.78 is 18.4. The number of aromatic nitrogens is 2. The highest BCUT2D eigenvalue weighted by Gasteiger charge is 2.49. The predicted octanol–water partition coefficient (Wildman–Crippen LogP) is -1.69. The lowest BCUT2D eigenvalue weighted by Crippen LogP contribution is -2.51. The van der Waals surface area contributed by atoms with Crippen LogP contribution in [0.4, 0.5) is 4.39 Å². The Morgan fingerprint density at radius 2 is 2.29 bits per heavy atom. The average molecular weight is 246 g/mol. The molecule has 3 unspecified atom stereocenters. The lowest BCUT2D eigenvalue weighted by atomic mass is 10.1. The van der Waals surface area contributed by atoms with Gasteiger partial charge >= 0.3 is 5.69 Å². The largest absolute Gasteiger partial charge is 0.385 e. The Morgan fingerprint density at radius 1 is 1.65 bits per heavy atom. The van der Waals surface area contributed by atoms with E-state index in [9.17, 15) is 24.2 Å². The van der Waals surface area contributed by atoms with Crippen molar-refractivity contribution in [3.63, 3.8) is 0 Å². The third-order valence-corrected chi connectivity index (χ3v) is 2.73. The Balaban J connectivity index is 2.58. The number of aliphatic hydroxyl groups excluding tert-OH is 1. The summed E-state index contributed by atoms with van der Waals surface area (Å²) in [5.74, 6) is -4.04. The summed E-state index contributed by atoms with van der Waals surface area (Å²) in [6.07, 6.45) is -0.895. The molecular formula is C9H11FN2O5. The van der Waals surface area contributed by atoms with Crippen LogP contribution in [0.15, 0.2) is 15.8 Å². The van der Waals surface area contributed by atoms with Crippen LogP contribution in [0, 0.1) is 11.7 Å². The van der Waals surface area contributed by atoms with Crippen LogP contribution in [0.2, 0.25) is 0 Å². The maximum absolute atomic E-state index is 13.1. The minimum absolute atomic E-state index is 0.00481. The molecular weight excluding hydrogens is 235 g/mol. The first-order chi connectivity index (χ1) is 7.86. The van der Waals surface area contributed by atoms with Crippen molar-refractivity contribution >= 4 is 0 Å². The van der Waals surface area contributed by atoms with Gasteiger partial charge in [-0.3, -0.25) is 9.78 Å². The summed E-state index contributed by atoms with van der Waals surface area (Å²) in [6, 6.07) is 0. The van der Waals surface area contributed by atoms with Gasteiger partial charge in [0, 0.05) is 5.92 Å². The van der Waals surface area contributed by atoms with Gasteiger partial charge in [-0.2, -0.15) is 4.39 Å². The number of hydrogen-bond acceptors (Lipinski definition) is 5. The fraction of sp³-hybridized carbons (Fsp3) is 0.556. The van der Waals surface area contributed by atoms with Gasteiger partial charge in [-0.05, 0) is 0 Å². The van der Waals surface area contributed by atoms with Gasteiger partial charge in [-0.15, -0.1) is 0 Å². The van der Waals surface area contributed by atoms with Crippen molar-refractivity contribution in [1.82, 2.24) is 9.55 Å². The van der Waals surface area contributed by atoms with Crippen LogP contribution < -0.4 is 11.2 Å². The van der Waals surface area contributed by atoms with E-state index >= 15 is 0 Å². The van der Waals surface area contributed by atoms with E-state index in [1.165, 1.54) is 0 Å². The normalized spacial score (nSPS) is 32.9. The highest BCUT2D eigenvalue weighted by molar-refractivity contribution is 4.94. The Kier molecular flexibility index (Phi) is 2.64. The number of halogens is 1. The molecule has 1 fully saturated rings. The monoisotopic (exact) mass is 246 g/mol. The third kappa shape index (κ3) is 1.70. The number of aliphatic hydroxyl groups is 2. The SMILES string of the molecule is CC1COC(O)(n2cc(F)c(=O)[nH]c2=O)C1O. The lowest BCUT2D eigenvalue weighted by molar-refractivity contribution is -0.277. The second-order valence-electron chi connectivity index (χ2n) is 4.00. The topological polar surface area (TPSA) is 105 Å². The molecule has 8 heteroatoms. The zero-order valence-electron chi connectivity index (χ0n) is 8.88. The Hall–Kier alpha value is -1.51. The zero-order valence-corrected chi connectivity index (χ0v) is 8.88. The molecule has 0 radical (unpaired) electrons. The molecule has 2 rings (SSSR count). The Labute approximate surface area is 94.1 Å². The molecule has 94 valence electrons. The van der Waals surface area contributed by atoms with Gasteiger partial charge in [0.1, 0.15) is 6.10 Å². The van der Waals surface area contributed by atoms with Crippen LogP contribution in [-0.2, 0) is 10.6 Å². The van der Waals surface area contributed by atoms with Gasteiger partial charge in [0.25, 0.3) is 11.5 Å². The molecule has 0 amide bonds. The number of H-pyrrole nitrogens is 1. The number of aromatic amines is 1. The molecule has 3 N–H and O–H groups in total. The molecule has 1 saturated heterocycles. The maximum atomic E-state index is 13.1. The highest BCUT2D eigenvalue weighted by atomic mass is 19.1. The first-order valence-corrected chi connectivity index (χ1v) is 4.92. The quantitative estimate of drug-likeness (QED) is 0.548. The van der Waals surface area contributed by atoms with E-state index in [2.05, 4.69) is 0 Å². The number of ether oxygens (including phenoxy) is 1. The van der Waals surface area contributed by atoms with Crippen LogP contribution in [0.1, 0.15) is 6.92 Å². The van der Waals surface area contributed by atoms with Gasteiger partial charge in [-0.1, -0.05) is 6.92 Å². The van der Waals surface area contributed by atoms with Gasteiger partial charge < -0.3 is 14.9 Å². The van der Waals surface area contributed by atoms with Crippen molar-refractivity contribution in [2.75, 3.05) is 6.61 Å². The van der Waals surface area contributed by atoms with Crippen LogP contribution in [0.25, 0.3) is 0 Å². The molecule has 1 aromatic rings. The smallest absolute Gasteiger partial charge is 0.332 e. The zero-order chi connectivity index (χ0) is 12.8. The molecule has 0 saturated carbocycles. The van der Waals surface area contributed by atoms with Crippen molar-refractivity contribution in [2.24, 2.45) is 5.92 Å². The highest BCUT2D eigenvalue weighted by Crippen LogP contribution is 2.31. The first kappa shape index (κ1) is 12.0. The van der Waals surface area contributed by atoms with Crippen molar-refractivity contribution in [3.05, 3.63) is 32.9 Å². The molecule has 0 aliphatic carbocycles. The summed E-state index contributed by atoms with van der Waals surface area (Å²) in [5, 5.41) is 19.7. The molecule has 0 aromatic carbocycles. The van der Waals surface area contributed by atoms with Crippen molar-refractivity contribution in [3.8, 4) is 0 Å². The summed E-state index contributed by atoms with van der Waals surface area (Å²) >= 11 is 0. The van der Waals surface area contributed by atoms with Crippen LogP contribution in [-0.4, -0.2) is 32.5 Å². The van der Waals surface area contributed by atoms with E-state index in [-0.39, 0.29) is 6.61 Å². The van der Waals surface area contributed by atoms with Crippen molar-refractivity contribution in [1.29, 1.82) is 0 Å². The summed E-state index contributed by atoms with van der Waals surface area (Å²) in [5.41, 5.74) is -2.26. The molecule has 3 atom stereocenters. The summed E-state index contributed by atoms with van der Waals surface area (Å²) in [7, 11) is 0. The number of hydrogen-bond donors (Lipinski definition) is 3. The molecule has 0 bridgehead atoms. The summed E-state index contributed by atoms with van der Waals surface area (Å²) in [4.78, 5) is 23.9. The Bertz CT molecular complexity index is 553. The lowest BCUT2D eigenvalue weighted by Gasteiger charge is -2.27. The molecule has 0 spiro atoms. The first-order valence-electron chi connectivity index (χ1n) is 4.92. The van der Waals surface area contributed by atoms with E-state index in [1.807, 2.05) is 0 Å². The van der Waals surface area contributed by atoms with E-state index in [4.69, 9.17) is 4.74 Å². The van der Waals surface area contributed by atoms with E-state index in [0.29, 0.717) is 10.8 Å². The summed E-state index contributed by atoms with van der Waals surface area (Å²) in [6.45, 7) is 1.60. The fourth-order valence-corrected chi connectivity index (χ4v) is 1.70. The third-order valence-electron chi connectivity index (χ3n) is 2.73. The number of nitrogens with zero attached hydrogens (tertiary/aromatic N) is 1. The van der Waals surface area contributed by atoms with Crippen molar-refractivity contribution < 1.29 is 19.3 Å². The number of rotatable bonds is 1. The number of nitrogens with one attached hydrogen (secondary N) is 1. The average Bonchev–Trinajstić information content (AvgIpc) is 2.53. The maximum Gasteiger partial charge on any atom is 0.332 e. The van der Waals surface area contributed by atoms with E-state index in [0.717, 1.165) is 0 Å². The molecule has 17 heavy (non-hydrogen) atoms. The minimum Gasteiger partial charge on any atom is -0.385 e. The molecule has 1 aliphatic rings. The van der Waals surface area contributed by atoms with E-state index < -0.39 is 35.0 Å². The van der Waals surface area contributed by atoms with Gasteiger partial charge in [0.2, 0.25) is 5.82 Å².